The average molecular weight is 798 g/mol. The SMILES string of the molecule is CCC[CH2][Sn]([CH2]CCC)[CH2]CCC.CCC[CH2][Sn]([CH2]CCC)[CH2]CCC.O=C(O)c1cc(S(=O)(=O)O)ccc1O. The van der Waals surface area contributed by atoms with Gasteiger partial charge in [0.1, 0.15) is 11.3 Å². The van der Waals surface area contributed by atoms with E-state index in [-0.39, 0.29) is 0 Å². The van der Waals surface area contributed by atoms with Gasteiger partial charge in [0.25, 0.3) is 10.1 Å². The van der Waals surface area contributed by atoms with Crippen LogP contribution in [0.25, 0.3) is 0 Å². The molecule has 0 saturated carbocycles. The third kappa shape index (κ3) is 23.5. The fourth-order valence-electron chi connectivity index (χ4n) is 4.16. The minimum atomic E-state index is -4.45. The predicted molar refractivity (Wildman–Crippen MR) is 175 cm³/mol. The molecule has 1 rings (SSSR count). The van der Waals surface area contributed by atoms with Crippen molar-refractivity contribution in [2.24, 2.45) is 0 Å². The molecule has 0 fully saturated rings. The molecule has 9 heteroatoms. The Labute approximate surface area is 261 Å². The first-order chi connectivity index (χ1) is 19.0. The van der Waals surface area contributed by atoms with Gasteiger partial charge in [-0.2, -0.15) is 8.42 Å². The van der Waals surface area contributed by atoms with Crippen LogP contribution in [0.3, 0.4) is 0 Å². The Morgan fingerprint density at radius 2 is 0.950 bits per heavy atom. The first-order valence-electron chi connectivity index (χ1n) is 15.7. The molecule has 1 aromatic carbocycles. The smallest absolute Gasteiger partial charge is 0.339 e. The predicted octanol–water partition coefficient (Wildman–Crippen LogP) is 10.1. The van der Waals surface area contributed by atoms with Gasteiger partial charge in [-0.15, -0.1) is 0 Å². The minimum absolute atomic E-state index is 0.565. The van der Waals surface area contributed by atoms with Gasteiger partial charge in [-0.3, -0.25) is 4.55 Å². The van der Waals surface area contributed by atoms with Crippen molar-refractivity contribution < 1.29 is 28.0 Å². The van der Waals surface area contributed by atoms with Gasteiger partial charge in [0.2, 0.25) is 0 Å². The van der Waals surface area contributed by atoms with Gasteiger partial charge < -0.3 is 10.2 Å². The van der Waals surface area contributed by atoms with E-state index in [0.29, 0.717) is 6.07 Å². The van der Waals surface area contributed by atoms with E-state index in [1.54, 1.807) is 26.6 Å². The maximum absolute atomic E-state index is 10.6. The average Bonchev–Trinajstić information content (AvgIpc) is 2.92. The normalized spacial score (nSPS) is 11.1. The van der Waals surface area contributed by atoms with Crippen LogP contribution in [0.15, 0.2) is 23.1 Å². The largest absolute Gasteiger partial charge is 0.507 e. The molecule has 0 aliphatic carbocycles. The molecule has 3 N–H and O–H groups in total. The van der Waals surface area contributed by atoms with Crippen LogP contribution in [0.1, 0.15) is 129 Å². The Morgan fingerprint density at radius 3 is 1.18 bits per heavy atom. The summed E-state index contributed by atoms with van der Waals surface area (Å²) in [6, 6.07) is 2.46. The zero-order valence-electron chi connectivity index (χ0n) is 26.4. The van der Waals surface area contributed by atoms with E-state index >= 15 is 0 Å². The van der Waals surface area contributed by atoms with Crippen LogP contribution in [0, 0.1) is 0 Å². The summed E-state index contributed by atoms with van der Waals surface area (Å²) < 4.78 is 39.9. The topological polar surface area (TPSA) is 112 Å². The molecule has 0 aromatic heterocycles. The molecule has 0 bridgehead atoms. The first-order valence-corrected chi connectivity index (χ1v) is 29.3. The molecule has 0 atom stereocenters. The van der Waals surface area contributed by atoms with Crippen molar-refractivity contribution in [1.29, 1.82) is 0 Å². The molecule has 0 aliphatic heterocycles. The Hall–Kier alpha value is -0.00260. The van der Waals surface area contributed by atoms with E-state index in [1.807, 2.05) is 0 Å². The van der Waals surface area contributed by atoms with Crippen molar-refractivity contribution in [1.82, 2.24) is 0 Å². The van der Waals surface area contributed by atoms with Gasteiger partial charge in [0.15, 0.2) is 0 Å². The first kappa shape index (κ1) is 42.1. The molecule has 2 radical (unpaired) electrons. The Balaban J connectivity index is 0. The second-order valence-corrected chi connectivity index (χ2v) is 29.1. The third-order valence-electron chi connectivity index (χ3n) is 6.80. The van der Waals surface area contributed by atoms with Gasteiger partial charge >= 0.3 is 191 Å². The summed E-state index contributed by atoms with van der Waals surface area (Å²) in [4.78, 5) is 9.89. The number of unbranched alkanes of at least 4 members (excludes halogenated alkanes) is 6. The quantitative estimate of drug-likeness (QED) is 0.0895. The number of hydrogen-bond donors (Lipinski definition) is 3. The van der Waals surface area contributed by atoms with Crippen LogP contribution in [0.5, 0.6) is 5.75 Å². The summed E-state index contributed by atoms with van der Waals surface area (Å²) >= 11 is -1.68. The fraction of sp³-hybridized carbons (Fsp3) is 0.774. The zero-order valence-corrected chi connectivity index (χ0v) is 33.0. The molecule has 0 saturated heterocycles. The Kier molecular flexibility index (Phi) is 29.3. The molecule has 1 aromatic rings. The Morgan fingerprint density at radius 1 is 0.650 bits per heavy atom. The van der Waals surface area contributed by atoms with Crippen LogP contribution < -0.4 is 0 Å². The number of carbonyl (C=O) groups is 1. The number of carboxylic acid groups (broad SMARTS) is 1. The van der Waals surface area contributed by atoms with Gasteiger partial charge in [0, 0.05) is 0 Å². The van der Waals surface area contributed by atoms with E-state index in [4.69, 9.17) is 14.8 Å². The van der Waals surface area contributed by atoms with Crippen LogP contribution in [0.4, 0.5) is 0 Å². The van der Waals surface area contributed by atoms with Crippen molar-refractivity contribution in [3.05, 3.63) is 23.8 Å². The van der Waals surface area contributed by atoms with Gasteiger partial charge in [-0.25, -0.2) is 4.79 Å². The van der Waals surface area contributed by atoms with Crippen LogP contribution in [-0.4, -0.2) is 68.7 Å². The number of carboxylic acids is 1. The van der Waals surface area contributed by atoms with E-state index in [0.717, 1.165) is 12.1 Å². The molecule has 40 heavy (non-hydrogen) atoms. The third-order valence-corrected chi connectivity index (χ3v) is 25.8. The summed E-state index contributed by atoms with van der Waals surface area (Å²) in [6.45, 7) is 14.0. The van der Waals surface area contributed by atoms with Gasteiger partial charge in [0.05, 0.1) is 4.90 Å². The molecular weight excluding hydrogens is 738 g/mol. The van der Waals surface area contributed by atoms with Gasteiger partial charge in [-0.1, -0.05) is 0 Å². The van der Waals surface area contributed by atoms with Gasteiger partial charge in [-0.05, 0) is 18.2 Å². The number of rotatable bonds is 20. The summed E-state index contributed by atoms with van der Waals surface area (Å²) in [5, 5.41) is 17.5. The standard InChI is InChI=1S/C7H6O6S.6C4H9.2Sn/c8-6-2-1-4(14(11,12)13)3-5(6)7(9)10;6*1-3-4-2;;/h1-3,8H,(H,9,10)(H,11,12,13);6*1,3-4H2,2H3;;. The summed E-state index contributed by atoms with van der Waals surface area (Å²) in [6.07, 6.45) is 17.7. The molecular formula is C31H60O6SSn2. The molecule has 0 heterocycles. The van der Waals surface area contributed by atoms with E-state index in [2.05, 4.69) is 41.5 Å². The number of benzene rings is 1. The maximum atomic E-state index is 10.6. The molecule has 0 aliphatic rings. The maximum Gasteiger partial charge on any atom is 0.339 e. The summed E-state index contributed by atoms with van der Waals surface area (Å²) in [7, 11) is -4.45. The van der Waals surface area contributed by atoms with Crippen molar-refractivity contribution in [2.45, 2.75) is 150 Å². The number of aromatic hydroxyl groups is 1. The minimum Gasteiger partial charge on any atom is -0.507 e. The van der Waals surface area contributed by atoms with E-state index in [1.165, 1.54) is 77.0 Å². The van der Waals surface area contributed by atoms with Crippen molar-refractivity contribution >= 4 is 55.6 Å². The second-order valence-electron chi connectivity index (χ2n) is 10.6. The van der Waals surface area contributed by atoms with Crippen LogP contribution in [-0.2, 0) is 10.1 Å². The number of aromatic carboxylic acids is 1. The van der Waals surface area contributed by atoms with Crippen LogP contribution >= 0.6 is 0 Å². The second kappa shape index (κ2) is 27.8. The number of phenols is 1. The molecule has 234 valence electrons. The van der Waals surface area contributed by atoms with Crippen molar-refractivity contribution in [3.8, 4) is 5.75 Å². The monoisotopic (exact) mass is 800 g/mol. The zero-order chi connectivity index (χ0) is 30.8. The summed E-state index contributed by atoms with van der Waals surface area (Å²) in [5.41, 5.74) is -0.583. The molecule has 0 spiro atoms. The van der Waals surface area contributed by atoms with E-state index < -0.39 is 71.8 Å². The van der Waals surface area contributed by atoms with Crippen LogP contribution in [0.2, 0.25) is 26.6 Å². The van der Waals surface area contributed by atoms with E-state index in [9.17, 15) is 13.2 Å². The fourth-order valence-corrected chi connectivity index (χ4v) is 23.6. The Bertz CT molecular complexity index is 786. The van der Waals surface area contributed by atoms with Crippen molar-refractivity contribution in [2.75, 3.05) is 0 Å². The molecule has 0 unspecified atom stereocenters. The molecule has 0 amide bonds. The number of hydrogen-bond acceptors (Lipinski definition) is 4. The molecule has 6 nitrogen and oxygen atoms in total. The van der Waals surface area contributed by atoms with Crippen molar-refractivity contribution in [3.63, 3.8) is 0 Å². The summed E-state index contributed by atoms with van der Waals surface area (Å²) in [5.74, 6) is -2.04.